The van der Waals surface area contributed by atoms with E-state index < -0.39 is 16.1 Å². The zero-order chi connectivity index (χ0) is 17.8. The van der Waals surface area contributed by atoms with Crippen molar-refractivity contribution in [2.24, 2.45) is 11.1 Å². The molecule has 1 fully saturated rings. The molecular weight excluding hydrogens is 354 g/mol. The highest BCUT2D eigenvalue weighted by Gasteiger charge is 2.34. The Kier molecular flexibility index (Phi) is 9.17. The third kappa shape index (κ3) is 6.84. The van der Waals surface area contributed by atoms with Gasteiger partial charge in [-0.2, -0.15) is 4.31 Å². The molecule has 0 aromatic carbocycles. The molecule has 2 N–H and O–H groups in total. The first-order chi connectivity index (χ1) is 10.4. The number of hydrogen-bond acceptors (Lipinski definition) is 5. The Balaban J connectivity index is 0.00000529. The van der Waals surface area contributed by atoms with Crippen LogP contribution in [0.25, 0.3) is 0 Å². The SMILES string of the molecule is CC(C)OCCS(=O)(=O)N1CCN(C(=O)[C@@H](N)C(C)(C)C)CC1.Cl. The quantitative estimate of drug-likeness (QED) is 0.725. The highest BCUT2D eigenvalue weighted by molar-refractivity contribution is 7.89. The van der Waals surface area contributed by atoms with Crippen molar-refractivity contribution in [3.05, 3.63) is 0 Å². The molecule has 0 bridgehead atoms. The molecular formula is C15H32ClN3O4S. The fourth-order valence-electron chi connectivity index (χ4n) is 2.27. The highest BCUT2D eigenvalue weighted by atomic mass is 35.5. The second kappa shape index (κ2) is 9.33. The first kappa shape index (κ1) is 23.6. The lowest BCUT2D eigenvalue weighted by Gasteiger charge is -2.37. The number of ether oxygens (including phenoxy) is 1. The number of amides is 1. The Morgan fingerprint density at radius 3 is 2.08 bits per heavy atom. The molecule has 0 unspecified atom stereocenters. The molecule has 1 atom stereocenters. The summed E-state index contributed by atoms with van der Waals surface area (Å²) in [4.78, 5) is 14.0. The lowest BCUT2D eigenvalue weighted by Crippen LogP contribution is -2.57. The second-order valence-electron chi connectivity index (χ2n) is 7.30. The van der Waals surface area contributed by atoms with Crippen molar-refractivity contribution in [1.29, 1.82) is 0 Å². The Labute approximate surface area is 152 Å². The van der Waals surface area contributed by atoms with Gasteiger partial charge in [-0.1, -0.05) is 20.8 Å². The molecule has 0 aromatic rings. The molecule has 7 nitrogen and oxygen atoms in total. The molecule has 1 rings (SSSR count). The predicted molar refractivity (Wildman–Crippen MR) is 97.7 cm³/mol. The monoisotopic (exact) mass is 385 g/mol. The van der Waals surface area contributed by atoms with Crippen molar-refractivity contribution in [2.75, 3.05) is 38.5 Å². The fourth-order valence-corrected chi connectivity index (χ4v) is 3.56. The summed E-state index contributed by atoms with van der Waals surface area (Å²) in [7, 11) is -3.34. The van der Waals surface area contributed by atoms with Crippen LogP contribution < -0.4 is 5.73 Å². The number of hydrogen-bond donors (Lipinski definition) is 1. The van der Waals surface area contributed by atoms with Crippen molar-refractivity contribution in [3.63, 3.8) is 0 Å². The van der Waals surface area contributed by atoms with Crippen LogP contribution in [0.1, 0.15) is 34.6 Å². The summed E-state index contributed by atoms with van der Waals surface area (Å²) in [6.07, 6.45) is 0.0126. The molecule has 0 spiro atoms. The van der Waals surface area contributed by atoms with Gasteiger partial charge >= 0.3 is 0 Å². The molecule has 1 saturated heterocycles. The van der Waals surface area contributed by atoms with E-state index in [9.17, 15) is 13.2 Å². The van der Waals surface area contributed by atoms with E-state index in [2.05, 4.69) is 0 Å². The summed E-state index contributed by atoms with van der Waals surface area (Å²) < 4.78 is 31.3. The van der Waals surface area contributed by atoms with Crippen LogP contribution in [0.5, 0.6) is 0 Å². The van der Waals surface area contributed by atoms with Crippen LogP contribution in [0.2, 0.25) is 0 Å². The molecule has 1 aliphatic heterocycles. The van der Waals surface area contributed by atoms with Crippen molar-refractivity contribution in [3.8, 4) is 0 Å². The summed E-state index contributed by atoms with van der Waals surface area (Å²) in [5, 5.41) is 0. The van der Waals surface area contributed by atoms with Crippen LogP contribution in [0, 0.1) is 5.41 Å². The summed E-state index contributed by atoms with van der Waals surface area (Å²) in [5.41, 5.74) is 5.69. The van der Waals surface area contributed by atoms with E-state index in [4.69, 9.17) is 10.5 Å². The number of carbonyl (C=O) groups excluding carboxylic acids is 1. The molecule has 1 amide bonds. The summed E-state index contributed by atoms with van der Waals surface area (Å²) >= 11 is 0. The van der Waals surface area contributed by atoms with Gasteiger partial charge in [0.2, 0.25) is 15.9 Å². The lowest BCUT2D eigenvalue weighted by atomic mass is 9.86. The van der Waals surface area contributed by atoms with Gasteiger partial charge in [0, 0.05) is 26.2 Å². The van der Waals surface area contributed by atoms with Crippen molar-refractivity contribution in [2.45, 2.75) is 46.8 Å². The van der Waals surface area contributed by atoms with Crippen LogP contribution in [0.3, 0.4) is 0 Å². The van der Waals surface area contributed by atoms with E-state index in [-0.39, 0.29) is 42.2 Å². The van der Waals surface area contributed by atoms with Gasteiger partial charge in [-0.15, -0.1) is 12.4 Å². The number of sulfonamides is 1. The predicted octanol–water partition coefficient (Wildman–Crippen LogP) is 0.681. The maximum absolute atomic E-state index is 12.4. The molecule has 1 heterocycles. The van der Waals surface area contributed by atoms with Crippen LogP contribution in [-0.4, -0.2) is 74.2 Å². The Morgan fingerprint density at radius 2 is 1.67 bits per heavy atom. The van der Waals surface area contributed by atoms with Crippen molar-refractivity contribution < 1.29 is 17.9 Å². The molecule has 0 radical (unpaired) electrons. The molecule has 24 heavy (non-hydrogen) atoms. The third-order valence-electron chi connectivity index (χ3n) is 3.94. The van der Waals surface area contributed by atoms with E-state index in [0.29, 0.717) is 26.2 Å². The smallest absolute Gasteiger partial charge is 0.240 e. The summed E-state index contributed by atoms with van der Waals surface area (Å²) in [6, 6.07) is -0.579. The van der Waals surface area contributed by atoms with Crippen molar-refractivity contribution in [1.82, 2.24) is 9.21 Å². The van der Waals surface area contributed by atoms with Gasteiger partial charge in [-0.25, -0.2) is 8.42 Å². The van der Waals surface area contributed by atoms with Gasteiger partial charge < -0.3 is 15.4 Å². The highest BCUT2D eigenvalue weighted by Crippen LogP contribution is 2.20. The third-order valence-corrected chi connectivity index (χ3v) is 5.77. The molecule has 0 saturated carbocycles. The second-order valence-corrected chi connectivity index (χ2v) is 9.39. The van der Waals surface area contributed by atoms with Gasteiger partial charge in [0.25, 0.3) is 0 Å². The molecule has 1 aliphatic rings. The van der Waals surface area contributed by atoms with Gasteiger partial charge in [-0.3, -0.25) is 4.79 Å². The molecule has 9 heteroatoms. The minimum atomic E-state index is -3.34. The largest absolute Gasteiger partial charge is 0.378 e. The van der Waals surface area contributed by atoms with E-state index in [1.165, 1.54) is 4.31 Å². The number of carbonyl (C=O) groups is 1. The first-order valence-corrected chi connectivity index (χ1v) is 9.70. The zero-order valence-corrected chi connectivity index (χ0v) is 17.0. The van der Waals surface area contributed by atoms with Crippen LogP contribution in [0.15, 0.2) is 0 Å². The zero-order valence-electron chi connectivity index (χ0n) is 15.3. The maximum atomic E-state index is 12.4. The molecule has 0 aliphatic carbocycles. The first-order valence-electron chi connectivity index (χ1n) is 8.09. The Morgan fingerprint density at radius 1 is 1.17 bits per heavy atom. The number of rotatable bonds is 6. The van der Waals surface area contributed by atoms with Crippen molar-refractivity contribution >= 4 is 28.3 Å². The number of halogens is 1. The fraction of sp³-hybridized carbons (Fsp3) is 0.933. The Bertz CT molecular complexity index is 497. The topological polar surface area (TPSA) is 92.9 Å². The van der Waals surface area contributed by atoms with Crippen LogP contribution in [0.4, 0.5) is 0 Å². The van der Waals surface area contributed by atoms with E-state index >= 15 is 0 Å². The molecule has 0 aromatic heterocycles. The average molecular weight is 386 g/mol. The van der Waals surface area contributed by atoms with E-state index in [0.717, 1.165) is 0 Å². The van der Waals surface area contributed by atoms with Gasteiger partial charge in [0.1, 0.15) is 0 Å². The van der Waals surface area contributed by atoms with Gasteiger partial charge in [-0.05, 0) is 19.3 Å². The number of piperazine rings is 1. The minimum absolute atomic E-state index is 0. The summed E-state index contributed by atoms with van der Waals surface area (Å²) in [6.45, 7) is 11.1. The Hall–Kier alpha value is -0.410. The van der Waals surface area contributed by atoms with E-state index in [1.54, 1.807) is 4.90 Å². The van der Waals surface area contributed by atoms with Gasteiger partial charge in [0.15, 0.2) is 0 Å². The number of nitrogens with two attached hydrogens (primary N) is 1. The normalized spacial score (nSPS) is 18.4. The van der Waals surface area contributed by atoms with Crippen LogP contribution >= 0.6 is 12.4 Å². The van der Waals surface area contributed by atoms with E-state index in [1.807, 2.05) is 34.6 Å². The minimum Gasteiger partial charge on any atom is -0.378 e. The standard InChI is InChI=1S/C15H31N3O4S.ClH/c1-12(2)22-10-11-23(20,21)18-8-6-17(7-9-18)14(19)13(16)15(3,4)5;/h12-13H,6-11,16H2,1-5H3;1H/t13-;/m1./s1. The van der Waals surface area contributed by atoms with Gasteiger partial charge in [0.05, 0.1) is 24.5 Å². The lowest BCUT2D eigenvalue weighted by molar-refractivity contribution is -0.136. The van der Waals surface area contributed by atoms with Crippen LogP contribution in [-0.2, 0) is 19.6 Å². The average Bonchev–Trinajstić information content (AvgIpc) is 2.44. The maximum Gasteiger partial charge on any atom is 0.240 e. The molecule has 144 valence electrons. The number of nitrogens with zero attached hydrogens (tertiary/aromatic N) is 2. The summed E-state index contributed by atoms with van der Waals surface area (Å²) in [5.74, 6) is -0.140.